The Morgan fingerprint density at radius 3 is 2.70 bits per heavy atom. The molecule has 4 heteroatoms. The third kappa shape index (κ3) is 3.42. The SMILES string of the molecule is CN(CCCN)C(=O)CO. The van der Waals surface area contributed by atoms with Crippen molar-refractivity contribution in [1.29, 1.82) is 0 Å². The molecule has 10 heavy (non-hydrogen) atoms. The molecule has 0 aliphatic carbocycles. The average molecular weight is 146 g/mol. The Kier molecular flexibility index (Phi) is 4.88. The molecule has 0 atom stereocenters. The van der Waals surface area contributed by atoms with Crippen LogP contribution in [0.3, 0.4) is 0 Å². The maximum absolute atomic E-state index is 10.7. The summed E-state index contributed by atoms with van der Waals surface area (Å²) in [4.78, 5) is 12.1. The first-order valence-electron chi connectivity index (χ1n) is 3.27. The summed E-state index contributed by atoms with van der Waals surface area (Å²) in [5.41, 5.74) is 5.22. The summed E-state index contributed by atoms with van der Waals surface area (Å²) in [5, 5.41) is 8.38. The Bertz CT molecular complexity index is 106. The highest BCUT2D eigenvalue weighted by molar-refractivity contribution is 5.76. The van der Waals surface area contributed by atoms with Gasteiger partial charge >= 0.3 is 0 Å². The van der Waals surface area contributed by atoms with Gasteiger partial charge in [-0.25, -0.2) is 0 Å². The molecule has 0 aliphatic heterocycles. The van der Waals surface area contributed by atoms with E-state index in [0.29, 0.717) is 13.1 Å². The quantitative estimate of drug-likeness (QED) is 0.522. The van der Waals surface area contributed by atoms with Crippen molar-refractivity contribution in [3.05, 3.63) is 0 Å². The predicted octanol–water partition coefficient (Wildman–Crippen LogP) is -1.21. The van der Waals surface area contributed by atoms with E-state index < -0.39 is 6.61 Å². The van der Waals surface area contributed by atoms with Gasteiger partial charge in [-0.05, 0) is 13.0 Å². The van der Waals surface area contributed by atoms with Gasteiger partial charge in [-0.2, -0.15) is 0 Å². The molecule has 0 spiro atoms. The summed E-state index contributed by atoms with van der Waals surface area (Å²) in [6.07, 6.45) is 0.780. The van der Waals surface area contributed by atoms with Gasteiger partial charge in [0.2, 0.25) is 5.91 Å². The van der Waals surface area contributed by atoms with Crippen LogP contribution in [-0.4, -0.2) is 42.7 Å². The molecule has 4 nitrogen and oxygen atoms in total. The third-order valence-corrected chi connectivity index (χ3v) is 1.26. The first-order chi connectivity index (χ1) is 4.72. The zero-order valence-corrected chi connectivity index (χ0v) is 6.21. The summed E-state index contributed by atoms with van der Waals surface area (Å²) in [6.45, 7) is 0.778. The maximum atomic E-state index is 10.7. The number of hydrogen-bond donors (Lipinski definition) is 2. The molecular weight excluding hydrogens is 132 g/mol. The van der Waals surface area contributed by atoms with E-state index in [1.807, 2.05) is 0 Å². The van der Waals surface area contributed by atoms with Crippen LogP contribution in [0.15, 0.2) is 0 Å². The minimum atomic E-state index is -0.416. The molecule has 1 amide bonds. The number of nitrogens with zero attached hydrogens (tertiary/aromatic N) is 1. The van der Waals surface area contributed by atoms with Crippen LogP contribution in [0.4, 0.5) is 0 Å². The molecule has 0 saturated carbocycles. The Morgan fingerprint density at radius 1 is 1.70 bits per heavy atom. The van der Waals surface area contributed by atoms with Crippen molar-refractivity contribution in [3.8, 4) is 0 Å². The summed E-state index contributed by atoms with van der Waals surface area (Å²) < 4.78 is 0. The topological polar surface area (TPSA) is 66.6 Å². The smallest absolute Gasteiger partial charge is 0.248 e. The monoisotopic (exact) mass is 146 g/mol. The minimum Gasteiger partial charge on any atom is -0.387 e. The fourth-order valence-corrected chi connectivity index (χ4v) is 0.574. The fraction of sp³-hybridized carbons (Fsp3) is 0.833. The molecule has 0 aromatic rings. The second kappa shape index (κ2) is 5.20. The molecular formula is C6H14N2O2. The number of likely N-dealkylation sites (N-methyl/N-ethyl adjacent to an activating group) is 1. The van der Waals surface area contributed by atoms with Gasteiger partial charge in [0, 0.05) is 13.6 Å². The van der Waals surface area contributed by atoms with E-state index in [9.17, 15) is 4.79 Å². The van der Waals surface area contributed by atoms with Crippen LogP contribution >= 0.6 is 0 Å². The molecule has 0 aliphatic rings. The number of hydrogen-bond acceptors (Lipinski definition) is 3. The molecule has 0 radical (unpaired) electrons. The lowest BCUT2D eigenvalue weighted by Crippen LogP contribution is -2.31. The largest absolute Gasteiger partial charge is 0.387 e. The highest BCUT2D eigenvalue weighted by Gasteiger charge is 2.03. The van der Waals surface area contributed by atoms with Crippen molar-refractivity contribution >= 4 is 5.91 Å². The van der Waals surface area contributed by atoms with Crippen molar-refractivity contribution in [2.24, 2.45) is 5.73 Å². The van der Waals surface area contributed by atoms with Crippen LogP contribution in [0.25, 0.3) is 0 Å². The lowest BCUT2D eigenvalue weighted by molar-refractivity contribution is -0.132. The van der Waals surface area contributed by atoms with Crippen LogP contribution in [0, 0.1) is 0 Å². The molecule has 0 rings (SSSR count). The molecule has 0 fully saturated rings. The van der Waals surface area contributed by atoms with Crippen LogP contribution in [0.5, 0.6) is 0 Å². The molecule has 0 aromatic heterocycles. The summed E-state index contributed by atoms with van der Waals surface area (Å²) >= 11 is 0. The van der Waals surface area contributed by atoms with Crippen molar-refractivity contribution < 1.29 is 9.90 Å². The zero-order valence-electron chi connectivity index (χ0n) is 6.21. The Morgan fingerprint density at radius 2 is 2.30 bits per heavy atom. The average Bonchev–Trinajstić information content (AvgIpc) is 1.98. The summed E-state index contributed by atoms with van der Waals surface area (Å²) in [6, 6.07) is 0. The lowest BCUT2D eigenvalue weighted by atomic mass is 10.4. The van der Waals surface area contributed by atoms with E-state index >= 15 is 0 Å². The van der Waals surface area contributed by atoms with E-state index in [4.69, 9.17) is 10.8 Å². The van der Waals surface area contributed by atoms with E-state index in [1.165, 1.54) is 4.90 Å². The standard InChI is InChI=1S/C6H14N2O2/c1-8(4-2-3-7)6(10)5-9/h9H,2-5,7H2,1H3. The van der Waals surface area contributed by atoms with E-state index in [-0.39, 0.29) is 5.91 Å². The predicted molar refractivity (Wildman–Crippen MR) is 38.4 cm³/mol. The second-order valence-corrected chi connectivity index (χ2v) is 2.12. The molecule has 3 N–H and O–H groups in total. The van der Waals surface area contributed by atoms with Gasteiger partial charge in [0.25, 0.3) is 0 Å². The van der Waals surface area contributed by atoms with Gasteiger partial charge in [0.1, 0.15) is 6.61 Å². The van der Waals surface area contributed by atoms with E-state index in [0.717, 1.165) is 6.42 Å². The molecule has 0 saturated heterocycles. The number of carbonyl (C=O) groups excluding carboxylic acids is 1. The second-order valence-electron chi connectivity index (χ2n) is 2.12. The summed E-state index contributed by atoms with van der Waals surface area (Å²) in [5.74, 6) is -0.256. The Labute approximate surface area is 60.6 Å². The van der Waals surface area contributed by atoms with Crippen LogP contribution in [0.1, 0.15) is 6.42 Å². The van der Waals surface area contributed by atoms with Crippen LogP contribution < -0.4 is 5.73 Å². The van der Waals surface area contributed by atoms with E-state index in [1.54, 1.807) is 7.05 Å². The maximum Gasteiger partial charge on any atom is 0.248 e. The number of amides is 1. The molecule has 0 aromatic carbocycles. The van der Waals surface area contributed by atoms with Crippen molar-refractivity contribution in [1.82, 2.24) is 4.90 Å². The van der Waals surface area contributed by atoms with Gasteiger partial charge in [-0.3, -0.25) is 4.79 Å². The minimum absolute atomic E-state index is 0.256. The van der Waals surface area contributed by atoms with E-state index in [2.05, 4.69) is 0 Å². The van der Waals surface area contributed by atoms with Crippen LogP contribution in [-0.2, 0) is 4.79 Å². The fourth-order valence-electron chi connectivity index (χ4n) is 0.574. The first-order valence-corrected chi connectivity index (χ1v) is 3.27. The normalized spacial score (nSPS) is 9.50. The number of aliphatic hydroxyl groups is 1. The number of nitrogens with two attached hydrogens (primary N) is 1. The number of aliphatic hydroxyl groups excluding tert-OH is 1. The number of rotatable bonds is 4. The van der Waals surface area contributed by atoms with Gasteiger partial charge in [-0.1, -0.05) is 0 Å². The third-order valence-electron chi connectivity index (χ3n) is 1.26. The van der Waals surface area contributed by atoms with Crippen molar-refractivity contribution in [2.45, 2.75) is 6.42 Å². The van der Waals surface area contributed by atoms with Gasteiger partial charge < -0.3 is 15.7 Å². The Hall–Kier alpha value is -0.610. The first kappa shape index (κ1) is 9.39. The highest BCUT2D eigenvalue weighted by Crippen LogP contribution is 1.85. The molecule has 0 heterocycles. The summed E-state index contributed by atoms with van der Waals surface area (Å²) in [7, 11) is 1.65. The highest BCUT2D eigenvalue weighted by atomic mass is 16.3. The van der Waals surface area contributed by atoms with Gasteiger partial charge in [0.15, 0.2) is 0 Å². The molecule has 60 valence electrons. The van der Waals surface area contributed by atoms with Gasteiger partial charge in [0.05, 0.1) is 0 Å². The zero-order chi connectivity index (χ0) is 7.98. The number of carbonyl (C=O) groups is 1. The van der Waals surface area contributed by atoms with Crippen molar-refractivity contribution in [3.63, 3.8) is 0 Å². The molecule has 0 bridgehead atoms. The van der Waals surface area contributed by atoms with Crippen LogP contribution in [0.2, 0.25) is 0 Å². The molecule has 0 unspecified atom stereocenters. The Balaban J connectivity index is 3.41. The lowest BCUT2D eigenvalue weighted by Gasteiger charge is -2.14. The van der Waals surface area contributed by atoms with Crippen molar-refractivity contribution in [2.75, 3.05) is 26.7 Å². The van der Waals surface area contributed by atoms with Gasteiger partial charge in [-0.15, -0.1) is 0 Å².